The van der Waals surface area contributed by atoms with Gasteiger partial charge in [-0.3, -0.25) is 4.90 Å². The third-order valence-electron chi connectivity index (χ3n) is 4.33. The second-order valence-electron chi connectivity index (χ2n) is 5.79. The van der Waals surface area contributed by atoms with E-state index < -0.39 is 15.8 Å². The van der Waals surface area contributed by atoms with Crippen molar-refractivity contribution in [1.82, 2.24) is 9.21 Å². The Morgan fingerprint density at radius 3 is 2.33 bits per heavy atom. The largest absolute Gasteiger partial charge is 0.398 e. The summed E-state index contributed by atoms with van der Waals surface area (Å²) >= 11 is 0. The molecule has 0 aromatic heterocycles. The Labute approximate surface area is 124 Å². The maximum absolute atomic E-state index is 13.7. The average Bonchev–Trinajstić information content (AvgIpc) is 3.29. The van der Waals surface area contributed by atoms with E-state index in [2.05, 4.69) is 4.90 Å². The van der Waals surface area contributed by atoms with E-state index in [1.165, 1.54) is 30.1 Å². The van der Waals surface area contributed by atoms with Crippen LogP contribution in [0.25, 0.3) is 0 Å². The molecule has 0 spiro atoms. The summed E-state index contributed by atoms with van der Waals surface area (Å²) in [5.74, 6) is -0.579. The summed E-state index contributed by atoms with van der Waals surface area (Å²) in [5.41, 5.74) is 6.14. The average molecular weight is 313 g/mol. The topological polar surface area (TPSA) is 66.6 Å². The van der Waals surface area contributed by atoms with Crippen LogP contribution in [0.3, 0.4) is 0 Å². The van der Waals surface area contributed by atoms with Crippen molar-refractivity contribution in [3.8, 4) is 0 Å². The third-order valence-corrected chi connectivity index (χ3v) is 6.21. The van der Waals surface area contributed by atoms with Crippen LogP contribution in [-0.2, 0) is 10.0 Å². The van der Waals surface area contributed by atoms with Gasteiger partial charge in [0.25, 0.3) is 0 Å². The van der Waals surface area contributed by atoms with Crippen LogP contribution in [0.1, 0.15) is 18.4 Å². The van der Waals surface area contributed by atoms with Gasteiger partial charge in [-0.1, -0.05) is 0 Å². The molecule has 1 saturated carbocycles. The van der Waals surface area contributed by atoms with E-state index in [-0.39, 0.29) is 16.1 Å². The van der Waals surface area contributed by atoms with Crippen molar-refractivity contribution in [1.29, 1.82) is 0 Å². The highest BCUT2D eigenvalue weighted by atomic mass is 32.2. The van der Waals surface area contributed by atoms with Crippen LogP contribution >= 0.6 is 0 Å². The van der Waals surface area contributed by atoms with Gasteiger partial charge in [0, 0.05) is 43.5 Å². The number of rotatable bonds is 3. The Hall–Kier alpha value is -1.18. The maximum Gasteiger partial charge on any atom is 0.243 e. The number of anilines is 1. The molecule has 21 heavy (non-hydrogen) atoms. The first-order chi connectivity index (χ1) is 9.89. The van der Waals surface area contributed by atoms with Crippen molar-refractivity contribution in [3.63, 3.8) is 0 Å². The molecule has 0 bridgehead atoms. The Morgan fingerprint density at radius 2 is 1.81 bits per heavy atom. The fraction of sp³-hybridized carbons (Fsp3) is 0.571. The number of benzene rings is 1. The minimum atomic E-state index is -3.67. The fourth-order valence-electron chi connectivity index (χ4n) is 2.72. The van der Waals surface area contributed by atoms with Crippen molar-refractivity contribution in [2.45, 2.75) is 30.7 Å². The lowest BCUT2D eigenvalue weighted by molar-refractivity contribution is 0.180. The summed E-state index contributed by atoms with van der Waals surface area (Å²) in [7, 11) is -3.67. The van der Waals surface area contributed by atoms with E-state index in [1.807, 2.05) is 0 Å². The van der Waals surface area contributed by atoms with Gasteiger partial charge in [0.2, 0.25) is 10.0 Å². The van der Waals surface area contributed by atoms with Crippen LogP contribution in [-0.4, -0.2) is 49.8 Å². The smallest absolute Gasteiger partial charge is 0.243 e. The second kappa shape index (κ2) is 5.23. The first kappa shape index (κ1) is 14.7. The molecule has 1 aliphatic carbocycles. The highest BCUT2D eigenvalue weighted by Gasteiger charge is 2.35. The molecular formula is C14H20FN3O2S. The van der Waals surface area contributed by atoms with Crippen LogP contribution in [0.5, 0.6) is 0 Å². The summed E-state index contributed by atoms with van der Waals surface area (Å²) in [6, 6.07) is 3.05. The van der Waals surface area contributed by atoms with E-state index in [1.54, 1.807) is 0 Å². The molecule has 0 radical (unpaired) electrons. The number of halogens is 1. The third kappa shape index (κ3) is 2.77. The van der Waals surface area contributed by atoms with E-state index in [9.17, 15) is 12.8 Å². The summed E-state index contributed by atoms with van der Waals surface area (Å²) in [6.45, 7) is 3.93. The van der Waals surface area contributed by atoms with Crippen LogP contribution in [0.2, 0.25) is 0 Å². The summed E-state index contributed by atoms with van der Waals surface area (Å²) in [6.07, 6.45) is 2.43. The van der Waals surface area contributed by atoms with Crippen molar-refractivity contribution < 1.29 is 12.8 Å². The zero-order chi connectivity index (χ0) is 15.2. The van der Waals surface area contributed by atoms with Gasteiger partial charge in [-0.05, 0) is 31.9 Å². The highest BCUT2D eigenvalue weighted by molar-refractivity contribution is 7.89. The number of piperazine rings is 1. The van der Waals surface area contributed by atoms with Gasteiger partial charge in [-0.25, -0.2) is 12.8 Å². The Balaban J connectivity index is 1.80. The number of hydrogen-bond acceptors (Lipinski definition) is 4. The zero-order valence-corrected chi connectivity index (χ0v) is 12.9. The quantitative estimate of drug-likeness (QED) is 0.851. The minimum Gasteiger partial charge on any atom is -0.398 e. The lowest BCUT2D eigenvalue weighted by atomic mass is 10.2. The normalized spacial score (nSPS) is 21.6. The molecule has 0 amide bonds. The van der Waals surface area contributed by atoms with Gasteiger partial charge >= 0.3 is 0 Å². The van der Waals surface area contributed by atoms with Crippen molar-refractivity contribution >= 4 is 15.7 Å². The minimum absolute atomic E-state index is 0.0528. The predicted molar refractivity (Wildman–Crippen MR) is 78.9 cm³/mol. The highest BCUT2D eigenvalue weighted by Crippen LogP contribution is 2.29. The van der Waals surface area contributed by atoms with Crippen LogP contribution in [0.15, 0.2) is 17.0 Å². The van der Waals surface area contributed by atoms with Gasteiger partial charge < -0.3 is 5.73 Å². The molecule has 1 heterocycles. The Bertz CT molecular complexity index is 627. The molecule has 1 saturated heterocycles. The van der Waals surface area contributed by atoms with Crippen LogP contribution in [0.4, 0.5) is 10.1 Å². The Morgan fingerprint density at radius 1 is 1.19 bits per heavy atom. The van der Waals surface area contributed by atoms with Gasteiger partial charge in [0.15, 0.2) is 0 Å². The summed E-state index contributed by atoms with van der Waals surface area (Å²) in [4.78, 5) is 2.28. The monoisotopic (exact) mass is 313 g/mol. The fourth-order valence-corrected chi connectivity index (χ4v) is 4.19. The van der Waals surface area contributed by atoms with E-state index in [4.69, 9.17) is 5.73 Å². The molecule has 5 nitrogen and oxygen atoms in total. The van der Waals surface area contributed by atoms with Gasteiger partial charge in [-0.15, -0.1) is 0 Å². The molecule has 2 N–H and O–H groups in total. The molecule has 1 aromatic rings. The number of sulfonamides is 1. The first-order valence-corrected chi connectivity index (χ1v) is 8.63. The molecule has 1 aromatic carbocycles. The van der Waals surface area contributed by atoms with E-state index in [0.717, 1.165) is 19.2 Å². The van der Waals surface area contributed by atoms with Crippen molar-refractivity contribution in [3.05, 3.63) is 23.5 Å². The molecule has 2 aliphatic rings. The number of nitrogens with two attached hydrogens (primary N) is 1. The molecule has 0 unspecified atom stereocenters. The van der Waals surface area contributed by atoms with Crippen LogP contribution in [0, 0.1) is 12.7 Å². The molecule has 1 aliphatic heterocycles. The molecule has 0 atom stereocenters. The van der Waals surface area contributed by atoms with Gasteiger partial charge in [-0.2, -0.15) is 4.31 Å². The van der Waals surface area contributed by atoms with Crippen molar-refractivity contribution in [2.24, 2.45) is 0 Å². The van der Waals surface area contributed by atoms with Crippen LogP contribution < -0.4 is 5.73 Å². The van der Waals surface area contributed by atoms with E-state index >= 15 is 0 Å². The Kier molecular flexibility index (Phi) is 3.67. The zero-order valence-electron chi connectivity index (χ0n) is 12.0. The standard InChI is InChI=1S/C14H20FN3O2S/c1-10-13(15)8-12(9-14(10)16)21(19,20)18-6-4-17(5-7-18)11-2-3-11/h8-9,11H,2-7,16H2,1H3. The molecule has 2 fully saturated rings. The number of hydrogen-bond donors (Lipinski definition) is 1. The lowest BCUT2D eigenvalue weighted by Crippen LogP contribution is -2.49. The summed E-state index contributed by atoms with van der Waals surface area (Å²) in [5, 5.41) is 0. The predicted octanol–water partition coefficient (Wildman–Crippen LogP) is 1.19. The van der Waals surface area contributed by atoms with E-state index in [0.29, 0.717) is 19.1 Å². The summed E-state index contributed by atoms with van der Waals surface area (Å²) < 4.78 is 40.3. The molecule has 7 heteroatoms. The number of nitrogen functional groups attached to an aromatic ring is 1. The number of nitrogens with zero attached hydrogens (tertiary/aromatic N) is 2. The molecular weight excluding hydrogens is 293 g/mol. The maximum atomic E-state index is 13.7. The molecule has 3 rings (SSSR count). The second-order valence-corrected chi connectivity index (χ2v) is 7.73. The first-order valence-electron chi connectivity index (χ1n) is 7.19. The lowest BCUT2D eigenvalue weighted by Gasteiger charge is -2.34. The SMILES string of the molecule is Cc1c(N)cc(S(=O)(=O)N2CCN(C3CC3)CC2)cc1F. The molecule has 116 valence electrons. The van der Waals surface area contributed by atoms with Crippen molar-refractivity contribution in [2.75, 3.05) is 31.9 Å². The van der Waals surface area contributed by atoms with Gasteiger partial charge in [0.1, 0.15) is 5.82 Å². The van der Waals surface area contributed by atoms with Gasteiger partial charge in [0.05, 0.1) is 4.90 Å².